The van der Waals surface area contributed by atoms with Crippen LogP contribution in [-0.2, 0) is 5.54 Å². The monoisotopic (exact) mass is 329 g/mol. The van der Waals surface area contributed by atoms with Crippen molar-refractivity contribution in [1.29, 1.82) is 0 Å². The highest BCUT2D eigenvalue weighted by Crippen LogP contribution is 2.43. The van der Waals surface area contributed by atoms with Crippen LogP contribution in [0.5, 0.6) is 0 Å². The molecular weight excluding hydrogens is 305 g/mol. The zero-order valence-electron chi connectivity index (χ0n) is 13.7. The van der Waals surface area contributed by atoms with E-state index in [4.69, 9.17) is 5.73 Å². The van der Waals surface area contributed by atoms with Gasteiger partial charge in [-0.25, -0.2) is 14.1 Å². The number of nitrogens with two attached hydrogens (primary N) is 1. The molecule has 128 valence electrons. The van der Waals surface area contributed by atoms with Crippen molar-refractivity contribution in [3.8, 4) is 0 Å². The maximum atomic E-state index is 13.3. The molecule has 2 heterocycles. The number of nitrogens with one attached hydrogen (secondary N) is 1. The average molecular weight is 329 g/mol. The minimum Gasteiger partial charge on any atom is -0.326 e. The fourth-order valence-corrected chi connectivity index (χ4v) is 4.71. The number of benzene rings is 1. The van der Waals surface area contributed by atoms with Gasteiger partial charge >= 0.3 is 0 Å². The second-order valence-corrected chi connectivity index (χ2v) is 7.11. The topological polar surface area (TPSA) is 68.8 Å². The van der Waals surface area contributed by atoms with Crippen molar-refractivity contribution in [3.05, 3.63) is 48.3 Å². The standard InChI is InChI=1S/C18H24FN5/c19-14-5-3-13(4-6-14)15-7-10-22-17(16(15)20)18(8-1-2-9-18)24-12-21-11-23-24/h3-6,11-12,15-17,22H,1-2,7-10,20H2/t15?,16?,17-/m1/s1. The normalized spacial score (nSPS) is 29.7. The van der Waals surface area contributed by atoms with E-state index < -0.39 is 0 Å². The first-order valence-corrected chi connectivity index (χ1v) is 8.80. The molecule has 3 atom stereocenters. The van der Waals surface area contributed by atoms with Crippen LogP contribution in [0.15, 0.2) is 36.9 Å². The lowest BCUT2D eigenvalue weighted by Gasteiger charge is -2.46. The van der Waals surface area contributed by atoms with Crippen LogP contribution in [0.2, 0.25) is 0 Å². The second kappa shape index (κ2) is 6.26. The highest BCUT2D eigenvalue weighted by Gasteiger charge is 2.49. The van der Waals surface area contributed by atoms with Crippen molar-refractivity contribution in [2.24, 2.45) is 5.73 Å². The molecule has 3 N–H and O–H groups in total. The van der Waals surface area contributed by atoms with Crippen molar-refractivity contribution in [2.75, 3.05) is 6.54 Å². The Morgan fingerprint density at radius 2 is 1.96 bits per heavy atom. The molecule has 2 fully saturated rings. The van der Waals surface area contributed by atoms with Gasteiger partial charge in [-0.05, 0) is 43.5 Å². The molecule has 0 radical (unpaired) electrons. The zero-order chi connectivity index (χ0) is 16.6. The Kier molecular flexibility index (Phi) is 4.10. The van der Waals surface area contributed by atoms with Crippen molar-refractivity contribution < 1.29 is 4.39 Å². The van der Waals surface area contributed by atoms with Gasteiger partial charge in [0.1, 0.15) is 18.5 Å². The van der Waals surface area contributed by atoms with Crippen molar-refractivity contribution in [2.45, 2.75) is 55.6 Å². The van der Waals surface area contributed by atoms with Crippen LogP contribution in [0.25, 0.3) is 0 Å². The lowest BCUT2D eigenvalue weighted by atomic mass is 9.74. The van der Waals surface area contributed by atoms with Gasteiger partial charge in [0, 0.05) is 18.0 Å². The van der Waals surface area contributed by atoms with E-state index in [0.29, 0.717) is 0 Å². The number of hydrogen-bond acceptors (Lipinski definition) is 4. The zero-order valence-corrected chi connectivity index (χ0v) is 13.7. The van der Waals surface area contributed by atoms with E-state index in [2.05, 4.69) is 15.4 Å². The molecule has 0 amide bonds. The van der Waals surface area contributed by atoms with Gasteiger partial charge in [-0.3, -0.25) is 0 Å². The van der Waals surface area contributed by atoms with Crippen LogP contribution in [0.4, 0.5) is 4.39 Å². The van der Waals surface area contributed by atoms with Crippen LogP contribution in [-0.4, -0.2) is 33.4 Å². The van der Waals surface area contributed by atoms with Gasteiger partial charge < -0.3 is 11.1 Å². The predicted octanol–water partition coefficient (Wildman–Crippen LogP) is 2.16. The van der Waals surface area contributed by atoms with E-state index in [1.807, 2.05) is 23.1 Å². The van der Waals surface area contributed by atoms with E-state index in [1.54, 1.807) is 6.33 Å². The van der Waals surface area contributed by atoms with E-state index in [0.717, 1.165) is 31.4 Å². The minimum absolute atomic E-state index is 0.0356. The highest BCUT2D eigenvalue weighted by molar-refractivity contribution is 5.25. The number of halogens is 1. The summed E-state index contributed by atoms with van der Waals surface area (Å²) in [4.78, 5) is 4.16. The smallest absolute Gasteiger partial charge is 0.137 e. The molecule has 6 heteroatoms. The van der Waals surface area contributed by atoms with E-state index in [1.165, 1.54) is 25.0 Å². The Labute approximate surface area is 141 Å². The summed E-state index contributed by atoms with van der Waals surface area (Å²) in [5, 5.41) is 8.11. The number of aromatic nitrogens is 3. The third-order valence-electron chi connectivity index (χ3n) is 5.89. The highest BCUT2D eigenvalue weighted by atomic mass is 19.1. The summed E-state index contributed by atoms with van der Waals surface area (Å²) < 4.78 is 15.3. The van der Waals surface area contributed by atoms with Gasteiger partial charge in [0.15, 0.2) is 0 Å². The van der Waals surface area contributed by atoms with Crippen molar-refractivity contribution >= 4 is 0 Å². The third-order valence-corrected chi connectivity index (χ3v) is 5.89. The fourth-order valence-electron chi connectivity index (χ4n) is 4.71. The first-order valence-electron chi connectivity index (χ1n) is 8.80. The quantitative estimate of drug-likeness (QED) is 0.905. The lowest BCUT2D eigenvalue weighted by molar-refractivity contribution is 0.126. The number of rotatable bonds is 3. The van der Waals surface area contributed by atoms with Crippen molar-refractivity contribution in [1.82, 2.24) is 20.1 Å². The van der Waals surface area contributed by atoms with Gasteiger partial charge in [0.2, 0.25) is 0 Å². The molecular formula is C18H24FN5. The predicted molar refractivity (Wildman–Crippen MR) is 90.0 cm³/mol. The molecule has 0 bridgehead atoms. The summed E-state index contributed by atoms with van der Waals surface area (Å²) >= 11 is 0. The molecule has 0 spiro atoms. The second-order valence-electron chi connectivity index (χ2n) is 7.11. The van der Waals surface area contributed by atoms with E-state index in [-0.39, 0.29) is 29.4 Å². The molecule has 2 aliphatic rings. The van der Waals surface area contributed by atoms with Crippen LogP contribution in [0.3, 0.4) is 0 Å². The van der Waals surface area contributed by atoms with Gasteiger partial charge in [0.25, 0.3) is 0 Å². The third kappa shape index (κ3) is 2.54. The van der Waals surface area contributed by atoms with Crippen LogP contribution in [0, 0.1) is 5.82 Å². The molecule has 2 aromatic rings. The van der Waals surface area contributed by atoms with E-state index in [9.17, 15) is 4.39 Å². The average Bonchev–Trinajstić information content (AvgIpc) is 3.28. The fraction of sp³-hybridized carbons (Fsp3) is 0.556. The molecule has 4 rings (SSSR count). The molecule has 5 nitrogen and oxygen atoms in total. The van der Waals surface area contributed by atoms with Gasteiger partial charge in [-0.15, -0.1) is 0 Å². The maximum Gasteiger partial charge on any atom is 0.137 e. The summed E-state index contributed by atoms with van der Waals surface area (Å²) in [5.74, 6) is 0.0329. The lowest BCUT2D eigenvalue weighted by Crippen LogP contribution is -2.64. The van der Waals surface area contributed by atoms with Crippen molar-refractivity contribution in [3.63, 3.8) is 0 Å². The Balaban J connectivity index is 1.66. The molecule has 1 saturated carbocycles. The van der Waals surface area contributed by atoms with Crippen LogP contribution >= 0.6 is 0 Å². The molecule has 2 unspecified atom stereocenters. The largest absolute Gasteiger partial charge is 0.326 e. The SMILES string of the molecule is NC1C(c2ccc(F)cc2)CCN[C@H]1C1(n2cncn2)CCCC1. The molecule has 1 aromatic carbocycles. The summed E-state index contributed by atoms with van der Waals surface area (Å²) in [6, 6.07) is 6.92. The Morgan fingerprint density at radius 3 is 2.62 bits per heavy atom. The Morgan fingerprint density at radius 1 is 1.21 bits per heavy atom. The Hall–Kier alpha value is -1.79. The number of hydrogen-bond donors (Lipinski definition) is 2. The van der Waals surface area contributed by atoms with Crippen LogP contribution < -0.4 is 11.1 Å². The Bertz CT molecular complexity index is 663. The molecule has 1 aliphatic carbocycles. The number of nitrogens with zero attached hydrogens (tertiary/aromatic N) is 3. The summed E-state index contributed by atoms with van der Waals surface area (Å²) in [5.41, 5.74) is 7.77. The van der Waals surface area contributed by atoms with Gasteiger partial charge in [-0.1, -0.05) is 25.0 Å². The van der Waals surface area contributed by atoms with Crippen LogP contribution in [0.1, 0.15) is 43.6 Å². The first-order chi connectivity index (χ1) is 11.7. The van der Waals surface area contributed by atoms with E-state index >= 15 is 0 Å². The molecule has 24 heavy (non-hydrogen) atoms. The summed E-state index contributed by atoms with van der Waals surface area (Å²) in [6.07, 6.45) is 8.90. The maximum absolute atomic E-state index is 13.3. The summed E-state index contributed by atoms with van der Waals surface area (Å²) in [7, 11) is 0. The van der Waals surface area contributed by atoms with Gasteiger partial charge in [-0.2, -0.15) is 5.10 Å². The van der Waals surface area contributed by atoms with Gasteiger partial charge in [0.05, 0.1) is 5.54 Å². The first kappa shape index (κ1) is 15.7. The molecule has 1 aromatic heterocycles. The molecule has 1 aliphatic heterocycles. The molecule has 1 saturated heterocycles. The summed E-state index contributed by atoms with van der Waals surface area (Å²) in [6.45, 7) is 0.914. The minimum atomic E-state index is -0.201. The number of piperidine rings is 1.